The van der Waals surface area contributed by atoms with E-state index in [-0.39, 0.29) is 0 Å². The highest BCUT2D eigenvalue weighted by atomic mass is 14.2. The summed E-state index contributed by atoms with van der Waals surface area (Å²) in [5.41, 5.74) is 2.64. The van der Waals surface area contributed by atoms with Crippen molar-refractivity contribution in [1.29, 1.82) is 0 Å². The van der Waals surface area contributed by atoms with Crippen LogP contribution in [0.5, 0.6) is 0 Å². The molecule has 0 aromatic carbocycles. The van der Waals surface area contributed by atoms with Gasteiger partial charge in [-0.25, -0.2) is 0 Å². The maximum absolute atomic E-state index is 3.76. The molecule has 0 aliphatic heterocycles. The quantitative estimate of drug-likeness (QED) is 0.549. The molecule has 0 aromatic rings. The SMILES string of the molecule is C=CCC1=[C]C(CC=C)C=C1CC=C. The van der Waals surface area contributed by atoms with Crippen LogP contribution in [0.2, 0.25) is 0 Å². The Hall–Kier alpha value is -1.30. The molecule has 0 nitrogen and oxygen atoms in total. The second-order valence-electron chi connectivity index (χ2n) is 3.43. The minimum Gasteiger partial charge on any atom is -0.103 e. The van der Waals surface area contributed by atoms with Gasteiger partial charge in [-0.1, -0.05) is 24.3 Å². The lowest BCUT2D eigenvalue weighted by Gasteiger charge is -2.01. The summed E-state index contributed by atoms with van der Waals surface area (Å²) in [4.78, 5) is 0. The molecule has 1 aliphatic rings. The van der Waals surface area contributed by atoms with E-state index in [4.69, 9.17) is 0 Å². The molecule has 0 fully saturated rings. The summed E-state index contributed by atoms with van der Waals surface area (Å²) < 4.78 is 0. The first kappa shape index (κ1) is 10.8. The smallest absolute Gasteiger partial charge is 0.00644 e. The van der Waals surface area contributed by atoms with E-state index in [0.717, 1.165) is 19.3 Å². The standard InChI is InChI=1S/C14H17/c1-4-7-12-10-13(8-5-2)14(11-12)9-6-3/h4-6,10,12H,1-3,7-9H2. The first-order valence-electron chi connectivity index (χ1n) is 4.98. The first-order chi connectivity index (χ1) is 6.81. The van der Waals surface area contributed by atoms with Gasteiger partial charge >= 0.3 is 0 Å². The third-order valence-electron chi connectivity index (χ3n) is 2.28. The molecule has 0 heterocycles. The van der Waals surface area contributed by atoms with E-state index >= 15 is 0 Å². The minimum atomic E-state index is 0.414. The van der Waals surface area contributed by atoms with Crippen molar-refractivity contribution < 1.29 is 0 Å². The Labute approximate surface area is 87.0 Å². The first-order valence-corrected chi connectivity index (χ1v) is 4.98. The Morgan fingerprint density at radius 3 is 2.43 bits per heavy atom. The zero-order valence-electron chi connectivity index (χ0n) is 8.63. The van der Waals surface area contributed by atoms with Crippen LogP contribution in [0.1, 0.15) is 19.3 Å². The van der Waals surface area contributed by atoms with E-state index in [1.54, 1.807) is 0 Å². The topological polar surface area (TPSA) is 0 Å². The van der Waals surface area contributed by atoms with Crippen molar-refractivity contribution in [2.45, 2.75) is 19.3 Å². The van der Waals surface area contributed by atoms with Gasteiger partial charge in [0.2, 0.25) is 0 Å². The summed E-state index contributed by atoms with van der Waals surface area (Å²) in [5, 5.41) is 0. The second-order valence-corrected chi connectivity index (χ2v) is 3.43. The van der Waals surface area contributed by atoms with Gasteiger partial charge in [0.05, 0.1) is 0 Å². The van der Waals surface area contributed by atoms with Crippen molar-refractivity contribution in [2.24, 2.45) is 5.92 Å². The number of rotatable bonds is 6. The number of allylic oxidation sites excluding steroid dienone is 7. The maximum atomic E-state index is 3.76. The summed E-state index contributed by atoms with van der Waals surface area (Å²) in [5.74, 6) is 0.414. The summed E-state index contributed by atoms with van der Waals surface area (Å²) in [6.45, 7) is 11.3. The fourth-order valence-electron chi connectivity index (χ4n) is 1.69. The molecular formula is C14H17. The van der Waals surface area contributed by atoms with E-state index in [0.29, 0.717) is 5.92 Å². The molecule has 0 bridgehead atoms. The van der Waals surface area contributed by atoms with Gasteiger partial charge in [0.25, 0.3) is 0 Å². The Bertz CT molecular complexity index is 263. The van der Waals surface area contributed by atoms with Crippen LogP contribution in [0.15, 0.2) is 55.2 Å². The molecule has 0 aromatic heterocycles. The van der Waals surface area contributed by atoms with Gasteiger partial charge in [-0.2, -0.15) is 0 Å². The summed E-state index contributed by atoms with van der Waals surface area (Å²) in [6, 6.07) is 0. The van der Waals surface area contributed by atoms with Crippen LogP contribution in [0.25, 0.3) is 0 Å². The maximum Gasteiger partial charge on any atom is 0.00644 e. The fraction of sp³-hybridized carbons (Fsp3) is 0.286. The molecule has 0 saturated heterocycles. The third-order valence-corrected chi connectivity index (χ3v) is 2.28. The second kappa shape index (κ2) is 5.43. The van der Waals surface area contributed by atoms with Gasteiger partial charge in [0, 0.05) is 5.92 Å². The third kappa shape index (κ3) is 2.59. The Morgan fingerprint density at radius 2 is 1.86 bits per heavy atom. The zero-order valence-corrected chi connectivity index (χ0v) is 8.63. The van der Waals surface area contributed by atoms with Crippen LogP contribution in [0.4, 0.5) is 0 Å². The molecule has 0 N–H and O–H groups in total. The van der Waals surface area contributed by atoms with E-state index in [2.05, 4.69) is 31.9 Å². The average molecular weight is 185 g/mol. The van der Waals surface area contributed by atoms with Crippen molar-refractivity contribution in [2.75, 3.05) is 0 Å². The van der Waals surface area contributed by atoms with Gasteiger partial charge in [-0.3, -0.25) is 0 Å². The minimum absolute atomic E-state index is 0.414. The largest absolute Gasteiger partial charge is 0.103 e. The van der Waals surface area contributed by atoms with Crippen molar-refractivity contribution in [3.63, 3.8) is 0 Å². The molecule has 14 heavy (non-hydrogen) atoms. The summed E-state index contributed by atoms with van der Waals surface area (Å²) >= 11 is 0. The van der Waals surface area contributed by atoms with Crippen molar-refractivity contribution >= 4 is 0 Å². The van der Waals surface area contributed by atoms with Crippen LogP contribution >= 0.6 is 0 Å². The Morgan fingerprint density at radius 1 is 1.14 bits per heavy atom. The molecule has 0 amide bonds. The molecule has 0 spiro atoms. The van der Waals surface area contributed by atoms with Gasteiger partial charge in [-0.15, -0.1) is 19.7 Å². The molecular weight excluding hydrogens is 168 g/mol. The van der Waals surface area contributed by atoms with E-state index in [1.165, 1.54) is 11.1 Å². The van der Waals surface area contributed by atoms with Gasteiger partial charge in [0.15, 0.2) is 0 Å². The Balaban J connectivity index is 2.74. The Kier molecular flexibility index (Phi) is 4.18. The highest BCUT2D eigenvalue weighted by Gasteiger charge is 2.14. The summed E-state index contributed by atoms with van der Waals surface area (Å²) in [7, 11) is 0. The highest BCUT2D eigenvalue weighted by Crippen LogP contribution is 2.30. The monoisotopic (exact) mass is 185 g/mol. The lowest BCUT2D eigenvalue weighted by Crippen LogP contribution is -1.85. The molecule has 1 aliphatic carbocycles. The molecule has 1 radical (unpaired) electrons. The normalized spacial score (nSPS) is 16.0. The van der Waals surface area contributed by atoms with Crippen LogP contribution < -0.4 is 0 Å². The van der Waals surface area contributed by atoms with Gasteiger partial charge in [-0.05, 0) is 36.5 Å². The van der Waals surface area contributed by atoms with Crippen LogP contribution in [0.3, 0.4) is 0 Å². The van der Waals surface area contributed by atoms with E-state index in [9.17, 15) is 0 Å². The van der Waals surface area contributed by atoms with Crippen LogP contribution in [-0.2, 0) is 0 Å². The molecule has 1 atom stereocenters. The predicted molar refractivity (Wildman–Crippen MR) is 62.8 cm³/mol. The lowest BCUT2D eigenvalue weighted by atomic mass is 10.0. The van der Waals surface area contributed by atoms with E-state index in [1.807, 2.05) is 18.2 Å². The fourth-order valence-corrected chi connectivity index (χ4v) is 1.69. The van der Waals surface area contributed by atoms with Crippen LogP contribution in [-0.4, -0.2) is 0 Å². The molecule has 1 unspecified atom stereocenters. The predicted octanol–water partition coefficient (Wildman–Crippen LogP) is 4.00. The van der Waals surface area contributed by atoms with E-state index < -0.39 is 0 Å². The molecule has 0 heteroatoms. The summed E-state index contributed by atoms with van der Waals surface area (Å²) in [6.07, 6.45) is 14.3. The molecule has 73 valence electrons. The van der Waals surface area contributed by atoms with Crippen molar-refractivity contribution in [3.8, 4) is 0 Å². The highest BCUT2D eigenvalue weighted by molar-refractivity contribution is 5.38. The van der Waals surface area contributed by atoms with Crippen molar-refractivity contribution in [3.05, 3.63) is 61.3 Å². The number of hydrogen-bond donors (Lipinski definition) is 0. The number of hydrogen-bond acceptors (Lipinski definition) is 0. The lowest BCUT2D eigenvalue weighted by molar-refractivity contribution is 0.818. The van der Waals surface area contributed by atoms with Gasteiger partial charge < -0.3 is 0 Å². The molecule has 1 rings (SSSR count). The van der Waals surface area contributed by atoms with Crippen molar-refractivity contribution in [1.82, 2.24) is 0 Å². The van der Waals surface area contributed by atoms with Crippen LogP contribution in [0, 0.1) is 12.0 Å². The van der Waals surface area contributed by atoms with Gasteiger partial charge in [0.1, 0.15) is 0 Å². The zero-order chi connectivity index (χ0) is 10.4. The average Bonchev–Trinajstić information content (AvgIpc) is 2.50. The molecule has 0 saturated carbocycles.